The zero-order chi connectivity index (χ0) is 17.8. The molecule has 2 aromatic rings. The number of hydrogen-bond acceptors (Lipinski definition) is 5. The van der Waals surface area contributed by atoms with E-state index in [1.807, 2.05) is 35.8 Å². The summed E-state index contributed by atoms with van der Waals surface area (Å²) in [6, 6.07) is 7.82. The maximum Gasteiger partial charge on any atom is 0.233 e. The van der Waals surface area contributed by atoms with Gasteiger partial charge in [-0.2, -0.15) is 0 Å². The molecule has 1 fully saturated rings. The second-order valence-corrected chi connectivity index (χ2v) is 7.74. The third-order valence-electron chi connectivity index (χ3n) is 3.91. The molecular weight excluding hydrogens is 360 g/mol. The van der Waals surface area contributed by atoms with Crippen LogP contribution in [0, 0.1) is 0 Å². The molecular formula is C17H21ClN4O2S. The van der Waals surface area contributed by atoms with Crippen LogP contribution in [0.5, 0.6) is 0 Å². The monoisotopic (exact) mass is 380 g/mol. The van der Waals surface area contributed by atoms with Gasteiger partial charge in [-0.1, -0.05) is 23.4 Å². The first kappa shape index (κ1) is 18.2. The number of amides is 1. The average Bonchev–Trinajstić information content (AvgIpc) is 3.33. The second-order valence-electron chi connectivity index (χ2n) is 6.00. The number of thioether (sulfide) groups is 1. The van der Waals surface area contributed by atoms with Crippen LogP contribution in [-0.2, 0) is 16.1 Å². The molecule has 0 spiro atoms. The number of hydrogen-bond donors (Lipinski definition) is 1. The Labute approximate surface area is 156 Å². The van der Waals surface area contributed by atoms with Gasteiger partial charge in [-0.25, -0.2) is 0 Å². The molecule has 1 aliphatic rings. The standard InChI is InChI=1S/C17H21ClN4O2S/c1-11(16(23)19-14-7-8-14)25-17-21-20-15(22(17)9-10-24-2)12-3-5-13(18)6-4-12/h3-6,11,14H,7-10H2,1-2H3,(H,19,23)/t11-/m1/s1. The highest BCUT2D eigenvalue weighted by molar-refractivity contribution is 8.00. The fourth-order valence-electron chi connectivity index (χ4n) is 2.33. The number of carbonyl (C=O) groups is 1. The van der Waals surface area contributed by atoms with Crippen molar-refractivity contribution in [1.29, 1.82) is 0 Å². The molecule has 1 saturated carbocycles. The number of rotatable bonds is 8. The summed E-state index contributed by atoms with van der Waals surface area (Å²) in [5, 5.41) is 12.8. The fourth-order valence-corrected chi connectivity index (χ4v) is 3.34. The van der Waals surface area contributed by atoms with Gasteiger partial charge in [-0.15, -0.1) is 10.2 Å². The number of halogens is 1. The number of carbonyl (C=O) groups excluding carboxylic acids is 1. The van der Waals surface area contributed by atoms with E-state index < -0.39 is 0 Å². The van der Waals surface area contributed by atoms with Crippen LogP contribution in [0.3, 0.4) is 0 Å². The van der Waals surface area contributed by atoms with Crippen LogP contribution < -0.4 is 5.32 Å². The lowest BCUT2D eigenvalue weighted by molar-refractivity contribution is -0.120. The van der Waals surface area contributed by atoms with E-state index in [0.717, 1.165) is 24.2 Å². The van der Waals surface area contributed by atoms with E-state index in [1.165, 1.54) is 11.8 Å². The number of methoxy groups -OCH3 is 1. The van der Waals surface area contributed by atoms with E-state index in [1.54, 1.807) is 7.11 Å². The Hall–Kier alpha value is -1.57. The van der Waals surface area contributed by atoms with Gasteiger partial charge in [0, 0.05) is 23.7 Å². The van der Waals surface area contributed by atoms with Crippen molar-refractivity contribution in [3.05, 3.63) is 29.3 Å². The molecule has 1 aromatic carbocycles. The Balaban J connectivity index is 1.80. The molecule has 0 aliphatic heterocycles. The van der Waals surface area contributed by atoms with Crippen LogP contribution in [0.15, 0.2) is 29.4 Å². The van der Waals surface area contributed by atoms with Crippen LogP contribution >= 0.6 is 23.4 Å². The molecule has 1 N–H and O–H groups in total. The highest BCUT2D eigenvalue weighted by Crippen LogP contribution is 2.28. The van der Waals surface area contributed by atoms with E-state index in [9.17, 15) is 4.79 Å². The predicted octanol–water partition coefficient (Wildman–Crippen LogP) is 3.00. The molecule has 0 bridgehead atoms. The van der Waals surface area contributed by atoms with Crippen molar-refractivity contribution < 1.29 is 9.53 Å². The average molecular weight is 381 g/mol. The van der Waals surface area contributed by atoms with E-state index in [-0.39, 0.29) is 11.2 Å². The minimum absolute atomic E-state index is 0.0434. The van der Waals surface area contributed by atoms with Crippen molar-refractivity contribution in [3.8, 4) is 11.4 Å². The molecule has 6 nitrogen and oxygen atoms in total. The highest BCUT2D eigenvalue weighted by Gasteiger charge is 2.27. The van der Waals surface area contributed by atoms with Gasteiger partial charge < -0.3 is 10.1 Å². The first-order valence-corrected chi connectivity index (χ1v) is 9.49. The maximum absolute atomic E-state index is 12.2. The third kappa shape index (κ3) is 4.74. The SMILES string of the molecule is COCCn1c(S[C@H](C)C(=O)NC2CC2)nnc1-c1ccc(Cl)cc1. The number of benzene rings is 1. The molecule has 0 radical (unpaired) electrons. The lowest BCUT2D eigenvalue weighted by atomic mass is 10.2. The number of aromatic nitrogens is 3. The van der Waals surface area contributed by atoms with Gasteiger partial charge in [0.15, 0.2) is 11.0 Å². The van der Waals surface area contributed by atoms with Gasteiger partial charge in [0.1, 0.15) is 0 Å². The van der Waals surface area contributed by atoms with E-state index in [4.69, 9.17) is 16.3 Å². The molecule has 1 amide bonds. The Kier molecular flexibility index (Phi) is 5.98. The van der Waals surface area contributed by atoms with Gasteiger partial charge >= 0.3 is 0 Å². The number of nitrogens with zero attached hydrogens (tertiary/aromatic N) is 3. The largest absolute Gasteiger partial charge is 0.383 e. The first-order valence-electron chi connectivity index (χ1n) is 8.23. The molecule has 134 valence electrons. The molecule has 1 aromatic heterocycles. The summed E-state index contributed by atoms with van der Waals surface area (Å²) >= 11 is 7.38. The van der Waals surface area contributed by atoms with E-state index >= 15 is 0 Å². The summed E-state index contributed by atoms with van der Waals surface area (Å²) < 4.78 is 7.19. The van der Waals surface area contributed by atoms with Crippen molar-refractivity contribution in [1.82, 2.24) is 20.1 Å². The fraction of sp³-hybridized carbons (Fsp3) is 0.471. The van der Waals surface area contributed by atoms with Gasteiger partial charge in [-0.05, 0) is 44.0 Å². The number of ether oxygens (including phenoxy) is 1. The Bertz CT molecular complexity index is 731. The minimum Gasteiger partial charge on any atom is -0.383 e. The van der Waals surface area contributed by atoms with Crippen molar-refractivity contribution in [2.45, 2.75) is 42.8 Å². The minimum atomic E-state index is -0.232. The molecule has 25 heavy (non-hydrogen) atoms. The second kappa shape index (κ2) is 8.21. The zero-order valence-electron chi connectivity index (χ0n) is 14.2. The highest BCUT2D eigenvalue weighted by atomic mass is 35.5. The Morgan fingerprint density at radius 2 is 2.12 bits per heavy atom. The lowest BCUT2D eigenvalue weighted by Crippen LogP contribution is -2.32. The van der Waals surface area contributed by atoms with Gasteiger partial charge in [0.05, 0.1) is 18.4 Å². The van der Waals surface area contributed by atoms with Crippen molar-refractivity contribution in [3.63, 3.8) is 0 Å². The van der Waals surface area contributed by atoms with E-state index in [2.05, 4.69) is 15.5 Å². The summed E-state index contributed by atoms with van der Waals surface area (Å²) in [6.07, 6.45) is 2.15. The van der Waals surface area contributed by atoms with Gasteiger partial charge in [0.2, 0.25) is 5.91 Å². The van der Waals surface area contributed by atoms with Gasteiger partial charge in [-0.3, -0.25) is 9.36 Å². The van der Waals surface area contributed by atoms with Crippen LogP contribution in [0.4, 0.5) is 0 Å². The van der Waals surface area contributed by atoms with Crippen LogP contribution in [0.2, 0.25) is 5.02 Å². The molecule has 0 unspecified atom stereocenters. The molecule has 0 saturated heterocycles. The Morgan fingerprint density at radius 3 is 2.76 bits per heavy atom. The van der Waals surface area contributed by atoms with Crippen molar-refractivity contribution >= 4 is 29.3 Å². The zero-order valence-corrected chi connectivity index (χ0v) is 15.8. The summed E-state index contributed by atoms with van der Waals surface area (Å²) in [5.74, 6) is 0.785. The van der Waals surface area contributed by atoms with Gasteiger partial charge in [0.25, 0.3) is 0 Å². The third-order valence-corrected chi connectivity index (χ3v) is 5.25. The molecule has 1 aliphatic carbocycles. The molecule has 8 heteroatoms. The normalized spacial score (nSPS) is 15.2. The van der Waals surface area contributed by atoms with Crippen LogP contribution in [0.1, 0.15) is 19.8 Å². The molecule has 1 atom stereocenters. The van der Waals surface area contributed by atoms with Crippen molar-refractivity contribution in [2.75, 3.05) is 13.7 Å². The quantitative estimate of drug-likeness (QED) is 0.713. The topological polar surface area (TPSA) is 69.0 Å². The lowest BCUT2D eigenvalue weighted by Gasteiger charge is -2.13. The Morgan fingerprint density at radius 1 is 1.40 bits per heavy atom. The molecule has 1 heterocycles. The maximum atomic E-state index is 12.2. The summed E-state index contributed by atoms with van der Waals surface area (Å²) in [7, 11) is 1.66. The van der Waals surface area contributed by atoms with E-state index in [0.29, 0.717) is 29.4 Å². The van der Waals surface area contributed by atoms with Crippen LogP contribution in [0.25, 0.3) is 11.4 Å². The summed E-state index contributed by atoms with van der Waals surface area (Å²) in [6.45, 7) is 3.04. The van der Waals surface area contributed by atoms with Crippen LogP contribution in [-0.4, -0.2) is 45.7 Å². The first-order chi connectivity index (χ1) is 12.1. The van der Waals surface area contributed by atoms with Crippen molar-refractivity contribution in [2.24, 2.45) is 0 Å². The summed E-state index contributed by atoms with van der Waals surface area (Å²) in [5.41, 5.74) is 0.926. The number of nitrogens with one attached hydrogen (secondary N) is 1. The molecule has 3 rings (SSSR count). The summed E-state index contributed by atoms with van der Waals surface area (Å²) in [4.78, 5) is 12.2. The predicted molar refractivity (Wildman–Crippen MR) is 98.8 cm³/mol. The smallest absolute Gasteiger partial charge is 0.233 e.